The zero-order valence-corrected chi connectivity index (χ0v) is 18.4. The maximum absolute atomic E-state index is 12.6. The van der Waals surface area contributed by atoms with Crippen molar-refractivity contribution in [1.29, 1.82) is 0 Å². The van der Waals surface area contributed by atoms with Crippen molar-refractivity contribution in [3.8, 4) is 11.8 Å². The van der Waals surface area contributed by atoms with Crippen LogP contribution in [0.25, 0.3) is 0 Å². The van der Waals surface area contributed by atoms with Gasteiger partial charge in [-0.05, 0) is 46.0 Å². The molecule has 0 spiro atoms. The maximum Gasteiger partial charge on any atom is 0.273 e. The molecule has 164 valence electrons. The van der Waals surface area contributed by atoms with Gasteiger partial charge in [0.1, 0.15) is 12.4 Å². The lowest BCUT2D eigenvalue weighted by Gasteiger charge is -2.27. The van der Waals surface area contributed by atoms with Crippen LogP contribution in [0, 0.1) is 17.8 Å². The minimum absolute atomic E-state index is 0.0999. The molecule has 2 saturated carbocycles. The van der Waals surface area contributed by atoms with Gasteiger partial charge in [0, 0.05) is 42.6 Å². The molecule has 1 N–H and O–H groups in total. The largest absolute Gasteiger partial charge is 0.367 e. The van der Waals surface area contributed by atoms with Gasteiger partial charge < -0.3 is 14.6 Å². The predicted octanol–water partition coefficient (Wildman–Crippen LogP) is 3.73. The van der Waals surface area contributed by atoms with Crippen LogP contribution in [-0.4, -0.2) is 53.8 Å². The highest BCUT2D eigenvalue weighted by atomic mass is 16.5. The van der Waals surface area contributed by atoms with Crippen LogP contribution in [0.2, 0.25) is 0 Å². The third-order valence-electron chi connectivity index (χ3n) is 6.59. The van der Waals surface area contributed by atoms with Gasteiger partial charge in [0.15, 0.2) is 5.69 Å². The van der Waals surface area contributed by atoms with Gasteiger partial charge in [0.2, 0.25) is 0 Å². The summed E-state index contributed by atoms with van der Waals surface area (Å²) in [5.41, 5.74) is 0.394. The molecule has 3 fully saturated rings. The number of rotatable bonds is 7. The van der Waals surface area contributed by atoms with Crippen LogP contribution in [0.3, 0.4) is 0 Å². The molecule has 1 aliphatic heterocycles. The van der Waals surface area contributed by atoms with E-state index in [-0.39, 0.29) is 11.9 Å². The van der Waals surface area contributed by atoms with Crippen molar-refractivity contribution in [2.24, 2.45) is 5.92 Å². The van der Waals surface area contributed by atoms with Crippen LogP contribution < -0.4 is 5.32 Å². The van der Waals surface area contributed by atoms with Crippen molar-refractivity contribution in [3.05, 3.63) is 17.5 Å². The molecule has 0 radical (unpaired) electrons. The number of likely N-dealkylation sites (tertiary alicyclic amines) is 1. The first-order valence-electron chi connectivity index (χ1n) is 11.7. The zero-order valence-electron chi connectivity index (χ0n) is 18.4. The number of aromatic nitrogens is 1. The first-order chi connectivity index (χ1) is 14.6. The predicted molar refractivity (Wildman–Crippen MR) is 115 cm³/mol. The standard InChI is InChI=1S/C24H35N3O3/c1-17(2)27-15-20(25-24(28)22-14-23(30-26-22)19-10-11-19)13-21(27)16-29-12-6-9-18-7-4-3-5-8-18/h14,17-21H,3-5,7-8,10-13,15-16H2,1-2H3,(H,25,28). The Labute approximate surface area is 180 Å². The number of ether oxygens (including phenoxy) is 1. The Morgan fingerprint density at radius 2 is 2.10 bits per heavy atom. The molecule has 6 heteroatoms. The average molecular weight is 414 g/mol. The Morgan fingerprint density at radius 1 is 1.30 bits per heavy atom. The summed E-state index contributed by atoms with van der Waals surface area (Å²) in [7, 11) is 0. The van der Waals surface area contributed by atoms with Crippen LogP contribution in [0.4, 0.5) is 0 Å². The SMILES string of the molecule is CC(C)N1CC(NC(=O)c2cc(C3CC3)on2)CC1COCC#CC1CCCCC1. The monoisotopic (exact) mass is 413 g/mol. The topological polar surface area (TPSA) is 67.6 Å². The second-order valence-electron chi connectivity index (χ2n) is 9.41. The van der Waals surface area contributed by atoms with Crippen LogP contribution in [0.1, 0.15) is 87.4 Å². The molecule has 2 aliphatic carbocycles. The van der Waals surface area contributed by atoms with E-state index in [1.54, 1.807) is 6.07 Å². The summed E-state index contributed by atoms with van der Waals surface area (Å²) in [6.45, 7) is 6.37. The molecule has 6 nitrogen and oxygen atoms in total. The van der Waals surface area contributed by atoms with Crippen LogP contribution in [0.5, 0.6) is 0 Å². The van der Waals surface area contributed by atoms with Crippen molar-refractivity contribution in [3.63, 3.8) is 0 Å². The van der Waals surface area contributed by atoms with E-state index in [1.807, 2.05) is 0 Å². The summed E-state index contributed by atoms with van der Waals surface area (Å²) in [4.78, 5) is 15.0. The van der Waals surface area contributed by atoms with E-state index >= 15 is 0 Å². The minimum atomic E-state index is -0.140. The highest BCUT2D eigenvalue weighted by Gasteiger charge is 2.35. The van der Waals surface area contributed by atoms with E-state index in [9.17, 15) is 4.79 Å². The van der Waals surface area contributed by atoms with Gasteiger partial charge in [-0.2, -0.15) is 0 Å². The molecule has 3 aliphatic rings. The average Bonchev–Trinajstić information content (AvgIpc) is 3.32. The highest BCUT2D eigenvalue weighted by molar-refractivity contribution is 5.92. The first-order valence-corrected chi connectivity index (χ1v) is 11.7. The summed E-state index contributed by atoms with van der Waals surface area (Å²) >= 11 is 0. The normalized spacial score (nSPS) is 25.3. The van der Waals surface area contributed by atoms with Gasteiger partial charge in [-0.25, -0.2) is 0 Å². The van der Waals surface area contributed by atoms with Crippen LogP contribution in [-0.2, 0) is 4.74 Å². The van der Waals surface area contributed by atoms with Crippen molar-refractivity contribution >= 4 is 5.91 Å². The van der Waals surface area contributed by atoms with E-state index in [0.717, 1.165) is 31.6 Å². The number of hydrogen-bond donors (Lipinski definition) is 1. The molecule has 1 aromatic heterocycles. The molecule has 0 aromatic carbocycles. The van der Waals surface area contributed by atoms with Crippen molar-refractivity contribution in [2.75, 3.05) is 19.8 Å². The highest BCUT2D eigenvalue weighted by Crippen LogP contribution is 2.40. The Bertz CT molecular complexity index is 768. The Kier molecular flexibility index (Phi) is 7.12. The number of carbonyl (C=O) groups is 1. The third kappa shape index (κ3) is 5.65. The molecule has 2 unspecified atom stereocenters. The third-order valence-corrected chi connectivity index (χ3v) is 6.59. The molecule has 1 aromatic rings. The van der Waals surface area contributed by atoms with Gasteiger partial charge in [-0.1, -0.05) is 36.3 Å². The zero-order chi connectivity index (χ0) is 20.9. The lowest BCUT2D eigenvalue weighted by molar-refractivity contribution is 0.0828. The van der Waals surface area contributed by atoms with E-state index in [1.165, 1.54) is 32.1 Å². The first kappa shape index (κ1) is 21.4. The lowest BCUT2D eigenvalue weighted by atomic mass is 9.90. The molecule has 1 amide bonds. The fourth-order valence-corrected chi connectivity index (χ4v) is 4.74. The van der Waals surface area contributed by atoms with Crippen molar-refractivity contribution in [2.45, 2.75) is 89.3 Å². The Hall–Kier alpha value is -1.84. The lowest BCUT2D eigenvalue weighted by Crippen LogP contribution is -2.40. The Balaban J connectivity index is 1.23. The molecule has 2 atom stereocenters. The molecule has 2 heterocycles. The second-order valence-corrected chi connectivity index (χ2v) is 9.41. The summed E-state index contributed by atoms with van der Waals surface area (Å²) in [6, 6.07) is 2.60. The number of hydrogen-bond acceptors (Lipinski definition) is 5. The molecule has 0 bridgehead atoms. The molecule has 1 saturated heterocycles. The second kappa shape index (κ2) is 9.98. The summed E-state index contributed by atoms with van der Waals surface area (Å²) < 4.78 is 11.2. The van der Waals surface area contributed by atoms with Gasteiger partial charge in [-0.15, -0.1) is 0 Å². The molecular formula is C24H35N3O3. The van der Waals surface area contributed by atoms with Crippen LogP contribution in [0.15, 0.2) is 10.6 Å². The molecular weight excluding hydrogens is 378 g/mol. The summed E-state index contributed by atoms with van der Waals surface area (Å²) in [6.07, 6.45) is 9.62. The quantitative estimate of drug-likeness (QED) is 0.545. The van der Waals surface area contributed by atoms with Gasteiger partial charge in [0.05, 0.1) is 6.61 Å². The minimum Gasteiger partial charge on any atom is -0.367 e. The van der Waals surface area contributed by atoms with Crippen molar-refractivity contribution < 1.29 is 14.1 Å². The van der Waals surface area contributed by atoms with Crippen molar-refractivity contribution in [1.82, 2.24) is 15.4 Å². The Morgan fingerprint density at radius 3 is 2.83 bits per heavy atom. The molecule has 4 rings (SSSR count). The van der Waals surface area contributed by atoms with E-state index in [4.69, 9.17) is 9.26 Å². The fraction of sp³-hybridized carbons (Fsp3) is 0.750. The molecule has 30 heavy (non-hydrogen) atoms. The number of nitrogens with zero attached hydrogens (tertiary/aromatic N) is 2. The van der Waals surface area contributed by atoms with E-state index < -0.39 is 0 Å². The smallest absolute Gasteiger partial charge is 0.273 e. The van der Waals surface area contributed by atoms with Crippen LogP contribution >= 0.6 is 0 Å². The summed E-state index contributed by atoms with van der Waals surface area (Å²) in [5.74, 6) is 8.35. The van der Waals surface area contributed by atoms with Gasteiger partial charge in [0.25, 0.3) is 5.91 Å². The number of amides is 1. The summed E-state index contributed by atoms with van der Waals surface area (Å²) in [5, 5.41) is 7.10. The van der Waals surface area contributed by atoms with E-state index in [0.29, 0.717) is 42.8 Å². The number of carbonyl (C=O) groups excluding carboxylic acids is 1. The fourth-order valence-electron chi connectivity index (χ4n) is 4.74. The van der Waals surface area contributed by atoms with E-state index in [2.05, 4.69) is 41.1 Å². The maximum atomic E-state index is 12.6. The van der Waals surface area contributed by atoms with Gasteiger partial charge >= 0.3 is 0 Å². The number of nitrogens with one attached hydrogen (secondary N) is 1. The van der Waals surface area contributed by atoms with Gasteiger partial charge in [-0.3, -0.25) is 9.69 Å².